The summed E-state index contributed by atoms with van der Waals surface area (Å²) in [6.07, 6.45) is -0.592. The van der Waals surface area contributed by atoms with Crippen LogP contribution in [0.25, 0.3) is 0 Å². The van der Waals surface area contributed by atoms with E-state index < -0.39 is 23.0 Å². The average Bonchev–Trinajstić information content (AvgIpc) is 2.63. The number of halogens is 4. The summed E-state index contributed by atoms with van der Waals surface area (Å²) in [6, 6.07) is 7.33. The van der Waals surface area contributed by atoms with E-state index in [0.29, 0.717) is 5.02 Å². The molecule has 2 aromatic rings. The van der Waals surface area contributed by atoms with Crippen molar-refractivity contribution in [3.8, 4) is 0 Å². The standard InChI is InChI=1S/C17H15ClF3N5O2/c18-12-4-2-11(3-5-12)16(6-1-7-16)25-15-23-8-10(9-24-15)13(27)26(22)14(28)17(19,20)21/h2-5,8-9H,1,6-7,22H2,(H,23,24,25). The number of imide groups is 1. The zero-order chi connectivity index (χ0) is 20.5. The largest absolute Gasteiger partial charge is 0.473 e. The molecule has 1 aliphatic carbocycles. The summed E-state index contributed by atoms with van der Waals surface area (Å²) in [5.41, 5.74) is 0.262. The number of hydrogen-bond donors (Lipinski definition) is 2. The van der Waals surface area contributed by atoms with Crippen LogP contribution in [0.4, 0.5) is 19.1 Å². The van der Waals surface area contributed by atoms with Crippen LogP contribution < -0.4 is 11.2 Å². The van der Waals surface area contributed by atoms with E-state index in [9.17, 15) is 22.8 Å². The highest BCUT2D eigenvalue weighted by molar-refractivity contribution is 6.30. The van der Waals surface area contributed by atoms with Crippen LogP contribution in [0.2, 0.25) is 5.02 Å². The number of hydrogen-bond acceptors (Lipinski definition) is 6. The minimum atomic E-state index is -5.26. The summed E-state index contributed by atoms with van der Waals surface area (Å²) in [5.74, 6) is 1.33. The molecule has 0 unspecified atom stereocenters. The predicted molar refractivity (Wildman–Crippen MR) is 94.1 cm³/mol. The number of benzene rings is 1. The molecule has 148 valence electrons. The lowest BCUT2D eigenvalue weighted by atomic mass is 9.72. The lowest BCUT2D eigenvalue weighted by molar-refractivity contribution is -0.182. The first-order chi connectivity index (χ1) is 13.1. The van der Waals surface area contributed by atoms with Crippen LogP contribution >= 0.6 is 11.6 Å². The first kappa shape index (κ1) is 20.0. The van der Waals surface area contributed by atoms with Gasteiger partial charge in [0.15, 0.2) is 0 Å². The number of hydrazine groups is 1. The maximum absolute atomic E-state index is 12.4. The molecule has 0 radical (unpaired) electrons. The Labute approximate surface area is 162 Å². The maximum atomic E-state index is 12.4. The lowest BCUT2D eigenvalue weighted by Gasteiger charge is -2.43. The minimum Gasteiger partial charge on any atom is -0.345 e. The fraction of sp³-hybridized carbons (Fsp3) is 0.294. The second-order valence-electron chi connectivity index (χ2n) is 6.34. The van der Waals surface area contributed by atoms with Crippen LogP contribution in [0.15, 0.2) is 36.7 Å². The molecule has 1 aromatic heterocycles. The van der Waals surface area contributed by atoms with Gasteiger partial charge in [-0.25, -0.2) is 20.8 Å². The number of alkyl halides is 3. The molecule has 1 saturated carbocycles. The highest BCUT2D eigenvalue weighted by atomic mass is 35.5. The van der Waals surface area contributed by atoms with E-state index in [4.69, 9.17) is 17.4 Å². The predicted octanol–water partition coefficient (Wildman–Crippen LogP) is 3.03. The Hall–Kier alpha value is -2.72. The molecule has 0 spiro atoms. The van der Waals surface area contributed by atoms with Gasteiger partial charge >= 0.3 is 12.1 Å². The quantitative estimate of drug-likeness (QED) is 0.454. The molecule has 1 aliphatic rings. The second kappa shape index (κ2) is 7.36. The summed E-state index contributed by atoms with van der Waals surface area (Å²) in [6.45, 7) is 0. The van der Waals surface area contributed by atoms with Crippen LogP contribution in [0.1, 0.15) is 35.2 Å². The molecule has 0 bridgehead atoms. The van der Waals surface area contributed by atoms with E-state index in [1.165, 1.54) is 0 Å². The van der Waals surface area contributed by atoms with Gasteiger partial charge in [-0.05, 0) is 37.0 Å². The number of amides is 2. The van der Waals surface area contributed by atoms with Crippen molar-refractivity contribution in [2.75, 3.05) is 5.32 Å². The van der Waals surface area contributed by atoms with Crippen molar-refractivity contribution in [3.05, 3.63) is 52.8 Å². The second-order valence-corrected chi connectivity index (χ2v) is 6.78. The number of anilines is 1. The zero-order valence-electron chi connectivity index (χ0n) is 14.3. The molecule has 28 heavy (non-hydrogen) atoms. The first-order valence-corrected chi connectivity index (χ1v) is 8.57. The Bertz CT molecular complexity index is 883. The first-order valence-electron chi connectivity index (χ1n) is 8.19. The highest BCUT2D eigenvalue weighted by Gasteiger charge is 2.44. The van der Waals surface area contributed by atoms with Crippen LogP contribution in [0.3, 0.4) is 0 Å². The van der Waals surface area contributed by atoms with Crippen molar-refractivity contribution in [2.45, 2.75) is 31.0 Å². The summed E-state index contributed by atoms with van der Waals surface area (Å²) in [7, 11) is 0. The van der Waals surface area contributed by atoms with Gasteiger partial charge in [-0.1, -0.05) is 23.7 Å². The summed E-state index contributed by atoms with van der Waals surface area (Å²) in [5, 5.41) is 3.30. The maximum Gasteiger partial charge on any atom is 0.473 e. The van der Waals surface area contributed by atoms with Crippen molar-refractivity contribution in [3.63, 3.8) is 0 Å². The molecule has 1 heterocycles. The van der Waals surface area contributed by atoms with Gasteiger partial charge < -0.3 is 5.32 Å². The topological polar surface area (TPSA) is 101 Å². The van der Waals surface area contributed by atoms with E-state index in [2.05, 4.69) is 15.3 Å². The molecule has 7 nitrogen and oxygen atoms in total. The normalized spacial score (nSPS) is 15.5. The van der Waals surface area contributed by atoms with Gasteiger partial charge in [0.1, 0.15) is 0 Å². The van der Waals surface area contributed by atoms with Crippen molar-refractivity contribution >= 4 is 29.4 Å². The van der Waals surface area contributed by atoms with Crippen LogP contribution in [-0.4, -0.2) is 33.0 Å². The van der Waals surface area contributed by atoms with Gasteiger partial charge in [-0.2, -0.15) is 13.2 Å². The third-order valence-corrected chi connectivity index (χ3v) is 4.79. The van der Waals surface area contributed by atoms with Gasteiger partial charge in [0.05, 0.1) is 11.1 Å². The minimum absolute atomic E-state index is 0.192. The van der Waals surface area contributed by atoms with Crippen molar-refractivity contribution in [1.29, 1.82) is 0 Å². The molecule has 0 atom stereocenters. The van der Waals surface area contributed by atoms with Gasteiger partial charge in [-0.15, -0.1) is 0 Å². The average molecular weight is 414 g/mol. The monoisotopic (exact) mass is 413 g/mol. The van der Waals surface area contributed by atoms with Crippen molar-refractivity contribution in [2.24, 2.45) is 5.84 Å². The SMILES string of the molecule is NN(C(=O)c1cnc(NC2(c3ccc(Cl)cc3)CCC2)nc1)C(=O)C(F)(F)F. The number of nitrogens with two attached hydrogens (primary N) is 1. The summed E-state index contributed by atoms with van der Waals surface area (Å²) < 4.78 is 37.2. The number of nitrogens with one attached hydrogen (secondary N) is 1. The fourth-order valence-corrected chi connectivity index (χ4v) is 3.00. The highest BCUT2D eigenvalue weighted by Crippen LogP contribution is 2.43. The van der Waals surface area contributed by atoms with E-state index >= 15 is 0 Å². The summed E-state index contributed by atoms with van der Waals surface area (Å²) in [4.78, 5) is 30.9. The Morgan fingerprint density at radius 1 is 1.14 bits per heavy atom. The number of carbonyl (C=O) groups excluding carboxylic acids is 2. The van der Waals surface area contributed by atoms with E-state index in [1.807, 2.05) is 12.1 Å². The molecule has 0 saturated heterocycles. The number of aromatic nitrogens is 2. The Balaban J connectivity index is 1.74. The van der Waals surface area contributed by atoms with E-state index in [1.54, 1.807) is 12.1 Å². The van der Waals surface area contributed by atoms with Crippen molar-refractivity contribution < 1.29 is 22.8 Å². The Morgan fingerprint density at radius 2 is 1.71 bits per heavy atom. The van der Waals surface area contributed by atoms with Gasteiger partial charge in [0, 0.05) is 17.4 Å². The zero-order valence-corrected chi connectivity index (χ0v) is 15.1. The van der Waals surface area contributed by atoms with Crippen LogP contribution in [-0.2, 0) is 10.3 Å². The third kappa shape index (κ3) is 3.92. The molecule has 0 aliphatic heterocycles. The Morgan fingerprint density at radius 3 is 2.18 bits per heavy atom. The fourth-order valence-electron chi connectivity index (χ4n) is 2.87. The number of nitrogens with zero attached hydrogens (tertiary/aromatic N) is 3. The van der Waals surface area contributed by atoms with E-state index in [-0.39, 0.29) is 17.1 Å². The van der Waals surface area contributed by atoms with Crippen LogP contribution in [0, 0.1) is 0 Å². The molecule has 3 N–H and O–H groups in total. The third-order valence-electron chi connectivity index (χ3n) is 4.53. The van der Waals surface area contributed by atoms with Gasteiger partial charge in [-0.3, -0.25) is 9.59 Å². The smallest absolute Gasteiger partial charge is 0.345 e. The Kier molecular flexibility index (Phi) is 5.26. The molecular formula is C17H15ClF3N5O2. The van der Waals surface area contributed by atoms with Crippen molar-refractivity contribution in [1.82, 2.24) is 15.0 Å². The summed E-state index contributed by atoms with van der Waals surface area (Å²) >= 11 is 5.92. The van der Waals surface area contributed by atoms with E-state index in [0.717, 1.165) is 37.2 Å². The molecule has 1 fully saturated rings. The lowest BCUT2D eigenvalue weighted by Crippen LogP contribution is -2.49. The molecule has 1 aromatic carbocycles. The molecule has 11 heteroatoms. The van der Waals surface area contributed by atoms with Gasteiger partial charge in [0.2, 0.25) is 5.95 Å². The number of carbonyl (C=O) groups is 2. The van der Waals surface area contributed by atoms with Gasteiger partial charge in [0.25, 0.3) is 5.91 Å². The molecule has 3 rings (SSSR count). The molecular weight excluding hydrogens is 399 g/mol. The van der Waals surface area contributed by atoms with Crippen LogP contribution in [0.5, 0.6) is 0 Å². The molecule has 2 amide bonds. The number of rotatable bonds is 4.